The van der Waals surface area contributed by atoms with Crippen LogP contribution in [0.5, 0.6) is 0 Å². The summed E-state index contributed by atoms with van der Waals surface area (Å²) in [6.07, 6.45) is 0. The van der Waals surface area contributed by atoms with Gasteiger partial charge in [0, 0.05) is 24.6 Å². The van der Waals surface area contributed by atoms with Crippen LogP contribution in [0.25, 0.3) is 0 Å². The minimum Gasteiger partial charge on any atom is -0.340 e. The standard InChI is InChI=1S/C10H12BrFN2O/c1-14(5-4-13)10(15)8-3-2-7(12)6-9(8)11/h2-3,6H,4-5,13H2,1H3. The van der Waals surface area contributed by atoms with E-state index in [0.717, 1.165) is 0 Å². The average molecular weight is 275 g/mol. The van der Waals surface area contributed by atoms with Crippen LogP contribution in [-0.2, 0) is 0 Å². The molecule has 0 saturated carbocycles. The van der Waals surface area contributed by atoms with E-state index in [1.807, 2.05) is 0 Å². The highest BCUT2D eigenvalue weighted by Gasteiger charge is 2.14. The highest BCUT2D eigenvalue weighted by Crippen LogP contribution is 2.19. The first kappa shape index (κ1) is 12.1. The maximum atomic E-state index is 12.8. The number of rotatable bonds is 3. The number of hydrogen-bond acceptors (Lipinski definition) is 2. The normalized spacial score (nSPS) is 10.1. The monoisotopic (exact) mass is 274 g/mol. The molecular formula is C10H12BrFN2O. The van der Waals surface area contributed by atoms with E-state index in [2.05, 4.69) is 15.9 Å². The summed E-state index contributed by atoms with van der Waals surface area (Å²) in [4.78, 5) is 13.3. The molecular weight excluding hydrogens is 263 g/mol. The van der Waals surface area contributed by atoms with Gasteiger partial charge in [0.2, 0.25) is 0 Å². The molecule has 3 nitrogen and oxygen atoms in total. The molecule has 1 rings (SSSR count). The number of benzene rings is 1. The Kier molecular flexibility index (Phi) is 4.23. The first-order valence-corrected chi connectivity index (χ1v) is 5.26. The molecule has 0 unspecified atom stereocenters. The molecule has 0 atom stereocenters. The van der Waals surface area contributed by atoms with E-state index in [0.29, 0.717) is 23.1 Å². The zero-order chi connectivity index (χ0) is 11.4. The lowest BCUT2D eigenvalue weighted by atomic mass is 10.2. The van der Waals surface area contributed by atoms with Gasteiger partial charge in [0.1, 0.15) is 5.82 Å². The molecule has 2 N–H and O–H groups in total. The Balaban J connectivity index is 2.91. The third kappa shape index (κ3) is 3.00. The molecule has 0 fully saturated rings. The first-order valence-electron chi connectivity index (χ1n) is 4.47. The molecule has 1 aromatic carbocycles. The van der Waals surface area contributed by atoms with Gasteiger partial charge in [-0.1, -0.05) is 0 Å². The lowest BCUT2D eigenvalue weighted by molar-refractivity contribution is 0.0798. The summed E-state index contributed by atoms with van der Waals surface area (Å²) in [6, 6.07) is 3.98. The molecule has 0 spiro atoms. The fraction of sp³-hybridized carbons (Fsp3) is 0.300. The average Bonchev–Trinajstić information content (AvgIpc) is 2.17. The maximum Gasteiger partial charge on any atom is 0.254 e. The van der Waals surface area contributed by atoms with E-state index in [4.69, 9.17) is 5.73 Å². The van der Waals surface area contributed by atoms with Gasteiger partial charge >= 0.3 is 0 Å². The van der Waals surface area contributed by atoms with Gasteiger partial charge in [-0.3, -0.25) is 4.79 Å². The van der Waals surface area contributed by atoms with Crippen LogP contribution in [0, 0.1) is 5.82 Å². The second-order valence-corrected chi connectivity index (χ2v) is 3.99. The van der Waals surface area contributed by atoms with E-state index >= 15 is 0 Å². The highest BCUT2D eigenvalue weighted by molar-refractivity contribution is 9.10. The predicted molar refractivity (Wildman–Crippen MR) is 60.1 cm³/mol. The largest absolute Gasteiger partial charge is 0.340 e. The molecule has 0 saturated heterocycles. The molecule has 0 radical (unpaired) electrons. The van der Waals surface area contributed by atoms with Crippen LogP contribution in [0.1, 0.15) is 10.4 Å². The zero-order valence-corrected chi connectivity index (χ0v) is 9.92. The summed E-state index contributed by atoms with van der Waals surface area (Å²) in [5, 5.41) is 0. The number of carbonyl (C=O) groups excluding carboxylic acids is 1. The van der Waals surface area contributed by atoms with Crippen LogP contribution in [0.15, 0.2) is 22.7 Å². The topological polar surface area (TPSA) is 46.3 Å². The summed E-state index contributed by atoms with van der Waals surface area (Å²) < 4.78 is 13.2. The van der Waals surface area contributed by atoms with Gasteiger partial charge in [0.15, 0.2) is 0 Å². The molecule has 0 aromatic heterocycles. The SMILES string of the molecule is CN(CCN)C(=O)c1ccc(F)cc1Br. The second-order valence-electron chi connectivity index (χ2n) is 3.14. The molecule has 1 amide bonds. The molecule has 0 bridgehead atoms. The smallest absolute Gasteiger partial charge is 0.254 e. The predicted octanol–water partition coefficient (Wildman–Crippen LogP) is 1.62. The molecule has 0 heterocycles. The van der Waals surface area contributed by atoms with E-state index in [-0.39, 0.29) is 11.7 Å². The minimum atomic E-state index is -0.375. The van der Waals surface area contributed by atoms with Crippen LogP contribution in [0.2, 0.25) is 0 Å². The van der Waals surface area contributed by atoms with Crippen molar-refractivity contribution in [2.45, 2.75) is 0 Å². The van der Waals surface area contributed by atoms with Crippen LogP contribution < -0.4 is 5.73 Å². The Morgan fingerprint density at radius 1 is 1.60 bits per heavy atom. The van der Waals surface area contributed by atoms with Crippen LogP contribution in [0.4, 0.5) is 4.39 Å². The number of carbonyl (C=O) groups is 1. The maximum absolute atomic E-state index is 12.8. The van der Waals surface area contributed by atoms with Crippen molar-refractivity contribution in [3.8, 4) is 0 Å². The van der Waals surface area contributed by atoms with Gasteiger partial charge in [0.05, 0.1) is 5.56 Å². The van der Waals surface area contributed by atoms with Gasteiger partial charge in [-0.2, -0.15) is 0 Å². The Morgan fingerprint density at radius 3 is 2.80 bits per heavy atom. The third-order valence-corrected chi connectivity index (χ3v) is 2.63. The number of hydrogen-bond donors (Lipinski definition) is 1. The van der Waals surface area contributed by atoms with E-state index in [1.165, 1.54) is 23.1 Å². The zero-order valence-electron chi connectivity index (χ0n) is 8.34. The lowest BCUT2D eigenvalue weighted by Crippen LogP contribution is -2.31. The Bertz CT molecular complexity index is 370. The quantitative estimate of drug-likeness (QED) is 0.911. The summed E-state index contributed by atoms with van der Waals surface area (Å²) in [7, 11) is 1.66. The van der Waals surface area contributed by atoms with Crippen molar-refractivity contribution >= 4 is 21.8 Å². The molecule has 82 valence electrons. The van der Waals surface area contributed by atoms with Crippen molar-refractivity contribution in [3.63, 3.8) is 0 Å². The number of amides is 1. The number of likely N-dealkylation sites (N-methyl/N-ethyl adjacent to an activating group) is 1. The summed E-state index contributed by atoms with van der Waals surface area (Å²) >= 11 is 3.15. The summed E-state index contributed by atoms with van der Waals surface area (Å²) in [6.45, 7) is 0.879. The molecule has 0 aliphatic rings. The third-order valence-electron chi connectivity index (χ3n) is 1.97. The van der Waals surface area contributed by atoms with Crippen molar-refractivity contribution in [1.82, 2.24) is 4.90 Å². The van der Waals surface area contributed by atoms with Crippen LogP contribution in [-0.4, -0.2) is 30.9 Å². The van der Waals surface area contributed by atoms with Crippen molar-refractivity contribution in [1.29, 1.82) is 0 Å². The van der Waals surface area contributed by atoms with E-state index in [9.17, 15) is 9.18 Å². The van der Waals surface area contributed by atoms with Gasteiger partial charge < -0.3 is 10.6 Å². The van der Waals surface area contributed by atoms with Gasteiger partial charge in [-0.05, 0) is 34.1 Å². The number of halogens is 2. The van der Waals surface area contributed by atoms with Gasteiger partial charge in [-0.25, -0.2) is 4.39 Å². The van der Waals surface area contributed by atoms with E-state index < -0.39 is 0 Å². The van der Waals surface area contributed by atoms with Crippen LogP contribution >= 0.6 is 15.9 Å². The van der Waals surface area contributed by atoms with Gasteiger partial charge in [-0.15, -0.1) is 0 Å². The first-order chi connectivity index (χ1) is 7.06. The highest BCUT2D eigenvalue weighted by atomic mass is 79.9. The number of nitrogens with two attached hydrogens (primary N) is 1. The van der Waals surface area contributed by atoms with Crippen molar-refractivity contribution in [2.24, 2.45) is 5.73 Å². The Labute approximate surface area is 96.2 Å². The molecule has 1 aromatic rings. The summed E-state index contributed by atoms with van der Waals surface area (Å²) in [5.41, 5.74) is 5.78. The number of nitrogens with zero attached hydrogens (tertiary/aromatic N) is 1. The minimum absolute atomic E-state index is 0.174. The lowest BCUT2D eigenvalue weighted by Gasteiger charge is -2.16. The molecule has 15 heavy (non-hydrogen) atoms. The fourth-order valence-electron chi connectivity index (χ4n) is 1.16. The van der Waals surface area contributed by atoms with Crippen LogP contribution in [0.3, 0.4) is 0 Å². The fourth-order valence-corrected chi connectivity index (χ4v) is 1.68. The molecule has 0 aliphatic carbocycles. The molecule has 0 aliphatic heterocycles. The van der Waals surface area contributed by atoms with E-state index in [1.54, 1.807) is 7.05 Å². The van der Waals surface area contributed by atoms with Crippen molar-refractivity contribution < 1.29 is 9.18 Å². The van der Waals surface area contributed by atoms with Gasteiger partial charge in [0.25, 0.3) is 5.91 Å². The van der Waals surface area contributed by atoms with Crippen molar-refractivity contribution in [2.75, 3.05) is 20.1 Å². The molecule has 5 heteroatoms. The summed E-state index contributed by atoms with van der Waals surface area (Å²) in [5.74, 6) is -0.549. The Hall–Kier alpha value is -0.940. The van der Waals surface area contributed by atoms with Crippen molar-refractivity contribution in [3.05, 3.63) is 34.1 Å². The Morgan fingerprint density at radius 2 is 2.27 bits per heavy atom. The second kappa shape index (κ2) is 5.23.